The van der Waals surface area contributed by atoms with Gasteiger partial charge in [0.2, 0.25) is 5.13 Å². The van der Waals surface area contributed by atoms with Gasteiger partial charge in [0.05, 0.1) is 0 Å². The average Bonchev–Trinajstić information content (AvgIpc) is 2.82. The molecule has 1 saturated heterocycles. The van der Waals surface area contributed by atoms with Gasteiger partial charge in [-0.1, -0.05) is 11.3 Å². The van der Waals surface area contributed by atoms with E-state index in [1.165, 1.54) is 11.3 Å². The van der Waals surface area contributed by atoms with Gasteiger partial charge in [0.15, 0.2) is 0 Å². The van der Waals surface area contributed by atoms with E-state index in [2.05, 4.69) is 20.8 Å². The zero-order valence-electron chi connectivity index (χ0n) is 11.3. The molecule has 1 aromatic heterocycles. The number of urea groups is 2. The van der Waals surface area contributed by atoms with Crippen LogP contribution in [0.4, 0.5) is 14.7 Å². The number of aryl methyl sites for hydroxylation is 1. The topological polar surface area (TPSA) is 113 Å². The molecule has 0 aliphatic carbocycles. The van der Waals surface area contributed by atoms with Crippen LogP contribution in [0.15, 0.2) is 0 Å². The molecule has 8 nitrogen and oxygen atoms in total. The summed E-state index contributed by atoms with van der Waals surface area (Å²) >= 11 is 1.34. The van der Waals surface area contributed by atoms with Crippen LogP contribution in [0.3, 0.4) is 0 Å². The van der Waals surface area contributed by atoms with Gasteiger partial charge in [-0.2, -0.15) is 0 Å². The number of carbonyl (C=O) groups excluding carboxylic acids is 2. The number of nitrogens with one attached hydrogen (secondary N) is 2. The second-order valence-corrected chi connectivity index (χ2v) is 5.94. The van der Waals surface area contributed by atoms with Crippen molar-refractivity contribution in [2.24, 2.45) is 11.7 Å². The minimum atomic E-state index is -0.532. The van der Waals surface area contributed by atoms with E-state index in [1.807, 2.05) is 6.92 Å². The predicted molar refractivity (Wildman–Crippen MR) is 75.5 cm³/mol. The average molecular weight is 298 g/mol. The van der Waals surface area contributed by atoms with Crippen molar-refractivity contribution in [3.05, 3.63) is 5.01 Å². The van der Waals surface area contributed by atoms with Gasteiger partial charge in [0, 0.05) is 19.6 Å². The molecule has 0 bridgehead atoms. The van der Waals surface area contributed by atoms with Gasteiger partial charge in [-0.3, -0.25) is 5.32 Å². The summed E-state index contributed by atoms with van der Waals surface area (Å²) in [5.74, 6) is 0.234. The molecule has 0 saturated carbocycles. The Labute approximate surface area is 120 Å². The number of carbonyl (C=O) groups is 2. The summed E-state index contributed by atoms with van der Waals surface area (Å²) in [5.41, 5.74) is 5.05. The number of nitrogens with two attached hydrogens (primary N) is 1. The molecule has 1 fully saturated rings. The number of hydrogen-bond donors (Lipinski definition) is 3. The van der Waals surface area contributed by atoms with Crippen LogP contribution in [0.1, 0.15) is 17.8 Å². The number of likely N-dealkylation sites (tertiary alicyclic amines) is 1. The summed E-state index contributed by atoms with van der Waals surface area (Å²) in [7, 11) is 0. The van der Waals surface area contributed by atoms with Gasteiger partial charge in [0.25, 0.3) is 0 Å². The molecule has 9 heteroatoms. The lowest BCUT2D eigenvalue weighted by molar-refractivity contribution is 0.176. The van der Waals surface area contributed by atoms with Crippen LogP contribution in [-0.4, -0.2) is 46.8 Å². The fraction of sp³-hybridized carbons (Fsp3) is 0.636. The highest BCUT2D eigenvalue weighted by molar-refractivity contribution is 7.15. The van der Waals surface area contributed by atoms with E-state index in [1.54, 1.807) is 4.90 Å². The van der Waals surface area contributed by atoms with Crippen LogP contribution in [0.2, 0.25) is 0 Å². The normalized spacial score (nSPS) is 18.6. The number of amides is 4. The van der Waals surface area contributed by atoms with Crippen molar-refractivity contribution >= 4 is 28.5 Å². The number of primary amides is 1. The highest BCUT2D eigenvalue weighted by atomic mass is 32.1. The van der Waals surface area contributed by atoms with Gasteiger partial charge in [-0.05, 0) is 25.7 Å². The SMILES string of the molecule is Cc1nnc(NC(=O)N2CCC[C@@H](CNC(N)=O)C2)s1. The van der Waals surface area contributed by atoms with Crippen molar-refractivity contribution in [3.8, 4) is 0 Å². The van der Waals surface area contributed by atoms with Gasteiger partial charge >= 0.3 is 12.1 Å². The lowest BCUT2D eigenvalue weighted by Crippen LogP contribution is -2.46. The summed E-state index contributed by atoms with van der Waals surface area (Å²) in [5, 5.41) is 14.4. The molecule has 2 heterocycles. The summed E-state index contributed by atoms with van der Waals surface area (Å²) in [6.07, 6.45) is 1.88. The Morgan fingerprint density at radius 1 is 1.50 bits per heavy atom. The van der Waals surface area contributed by atoms with Gasteiger partial charge < -0.3 is 16.0 Å². The van der Waals surface area contributed by atoms with E-state index in [9.17, 15) is 9.59 Å². The highest BCUT2D eigenvalue weighted by Crippen LogP contribution is 2.18. The molecule has 0 aromatic carbocycles. The first-order valence-corrected chi connectivity index (χ1v) is 7.25. The molecule has 2 rings (SSSR count). The second kappa shape index (κ2) is 6.51. The molecule has 1 atom stereocenters. The summed E-state index contributed by atoms with van der Waals surface area (Å²) in [4.78, 5) is 24.5. The fourth-order valence-electron chi connectivity index (χ4n) is 2.18. The molecule has 0 spiro atoms. The van der Waals surface area contributed by atoms with E-state index in [-0.39, 0.29) is 11.9 Å². The summed E-state index contributed by atoms with van der Waals surface area (Å²) in [6, 6.07) is -0.708. The molecule has 110 valence electrons. The molecule has 1 aliphatic heterocycles. The zero-order chi connectivity index (χ0) is 14.5. The highest BCUT2D eigenvalue weighted by Gasteiger charge is 2.24. The number of aromatic nitrogens is 2. The number of piperidine rings is 1. The van der Waals surface area contributed by atoms with E-state index >= 15 is 0 Å². The van der Waals surface area contributed by atoms with Crippen molar-refractivity contribution in [1.82, 2.24) is 20.4 Å². The van der Waals surface area contributed by atoms with Crippen LogP contribution in [-0.2, 0) is 0 Å². The van der Waals surface area contributed by atoms with Crippen molar-refractivity contribution in [3.63, 3.8) is 0 Å². The standard InChI is InChI=1S/C11H18N6O2S/c1-7-15-16-10(20-7)14-11(19)17-4-2-3-8(6-17)5-13-9(12)18/h8H,2-6H2,1H3,(H3,12,13,18)(H,14,16,19)/t8-/m0/s1. The van der Waals surface area contributed by atoms with Crippen molar-refractivity contribution in [2.75, 3.05) is 25.0 Å². The Kier molecular flexibility index (Phi) is 4.72. The second-order valence-electron chi connectivity index (χ2n) is 4.76. The third-order valence-corrected chi connectivity index (χ3v) is 3.87. The van der Waals surface area contributed by atoms with Crippen LogP contribution in [0.25, 0.3) is 0 Å². The number of anilines is 1. The van der Waals surface area contributed by atoms with Crippen LogP contribution < -0.4 is 16.4 Å². The molecule has 0 unspecified atom stereocenters. The largest absolute Gasteiger partial charge is 0.352 e. The van der Waals surface area contributed by atoms with E-state index < -0.39 is 6.03 Å². The Bertz CT molecular complexity index is 491. The number of rotatable bonds is 3. The fourth-order valence-corrected chi connectivity index (χ4v) is 2.76. The summed E-state index contributed by atoms with van der Waals surface area (Å²) < 4.78 is 0. The maximum atomic E-state index is 12.1. The molecule has 1 aromatic rings. The number of nitrogens with zero attached hydrogens (tertiary/aromatic N) is 3. The molecule has 1 aliphatic rings. The number of hydrogen-bond acceptors (Lipinski definition) is 5. The first-order chi connectivity index (χ1) is 9.54. The quantitative estimate of drug-likeness (QED) is 0.764. The van der Waals surface area contributed by atoms with Gasteiger partial charge in [-0.15, -0.1) is 10.2 Å². The van der Waals surface area contributed by atoms with Crippen LogP contribution in [0, 0.1) is 12.8 Å². The van der Waals surface area contributed by atoms with Crippen LogP contribution >= 0.6 is 11.3 Å². The molecule has 0 radical (unpaired) electrons. The van der Waals surface area contributed by atoms with Crippen LogP contribution in [0.5, 0.6) is 0 Å². The smallest absolute Gasteiger partial charge is 0.323 e. The maximum Gasteiger partial charge on any atom is 0.323 e. The van der Waals surface area contributed by atoms with Crippen molar-refractivity contribution < 1.29 is 9.59 Å². The lowest BCUT2D eigenvalue weighted by atomic mass is 9.98. The monoisotopic (exact) mass is 298 g/mol. The van der Waals surface area contributed by atoms with Crippen molar-refractivity contribution in [1.29, 1.82) is 0 Å². The molecule has 4 amide bonds. The minimum Gasteiger partial charge on any atom is -0.352 e. The Balaban J connectivity index is 1.84. The third-order valence-electron chi connectivity index (χ3n) is 3.11. The lowest BCUT2D eigenvalue weighted by Gasteiger charge is -2.32. The maximum absolute atomic E-state index is 12.1. The zero-order valence-corrected chi connectivity index (χ0v) is 12.1. The van der Waals surface area contributed by atoms with Gasteiger partial charge in [0.1, 0.15) is 5.01 Å². The molecular formula is C11H18N6O2S. The van der Waals surface area contributed by atoms with E-state index in [0.717, 1.165) is 17.8 Å². The molecule has 4 N–H and O–H groups in total. The van der Waals surface area contributed by atoms with E-state index in [0.29, 0.717) is 24.8 Å². The van der Waals surface area contributed by atoms with Crippen molar-refractivity contribution in [2.45, 2.75) is 19.8 Å². The Hall–Kier alpha value is -1.90. The van der Waals surface area contributed by atoms with Gasteiger partial charge in [-0.25, -0.2) is 9.59 Å². The Morgan fingerprint density at radius 3 is 2.95 bits per heavy atom. The molecule has 20 heavy (non-hydrogen) atoms. The summed E-state index contributed by atoms with van der Waals surface area (Å²) in [6.45, 7) is 3.64. The van der Waals surface area contributed by atoms with E-state index in [4.69, 9.17) is 5.73 Å². The Morgan fingerprint density at radius 2 is 2.30 bits per heavy atom. The molecular weight excluding hydrogens is 280 g/mol. The first-order valence-electron chi connectivity index (χ1n) is 6.44. The minimum absolute atomic E-state index is 0.176. The first kappa shape index (κ1) is 14.5. The third kappa shape index (κ3) is 4.05. The predicted octanol–water partition coefficient (Wildman–Crippen LogP) is 0.759.